The summed E-state index contributed by atoms with van der Waals surface area (Å²) >= 11 is 5.27. The number of aliphatic carboxylic acids is 1. The Bertz CT molecular complexity index is 1070. The summed E-state index contributed by atoms with van der Waals surface area (Å²) in [6.45, 7) is 0. The third kappa shape index (κ3) is 4.24. The minimum Gasteiger partial charge on any atom is -0.481 e. The first kappa shape index (κ1) is 19.2. The number of carbonyl (C=O) groups excluding carboxylic acids is 1. The smallest absolute Gasteiger partial charge is 0.305 e. The second-order valence-corrected chi connectivity index (χ2v) is 6.38. The Kier molecular flexibility index (Phi) is 5.81. The molecular weight excluding hydrogens is 376 g/mol. The summed E-state index contributed by atoms with van der Waals surface area (Å²) in [5, 5.41) is 9.38. The van der Waals surface area contributed by atoms with Crippen LogP contribution in [0.3, 0.4) is 0 Å². The summed E-state index contributed by atoms with van der Waals surface area (Å²) in [7, 11) is 0. The van der Waals surface area contributed by atoms with E-state index < -0.39 is 17.9 Å². The van der Waals surface area contributed by atoms with Gasteiger partial charge < -0.3 is 10.8 Å². The molecule has 0 aliphatic heterocycles. The van der Waals surface area contributed by atoms with E-state index in [1.165, 1.54) is 10.8 Å². The number of anilines is 1. The summed E-state index contributed by atoms with van der Waals surface area (Å²) in [4.78, 5) is 28.3. The van der Waals surface area contributed by atoms with Gasteiger partial charge in [0.1, 0.15) is 0 Å². The van der Waals surface area contributed by atoms with E-state index in [0.717, 1.165) is 10.2 Å². The molecule has 0 aliphatic carbocycles. The van der Waals surface area contributed by atoms with Crippen LogP contribution in [0, 0.1) is 4.77 Å². The normalized spacial score (nSPS) is 12.1. The topological polar surface area (TPSA) is 103 Å². The van der Waals surface area contributed by atoms with Crippen molar-refractivity contribution in [1.29, 1.82) is 0 Å². The molecule has 0 bridgehead atoms. The number of benzene rings is 2. The fourth-order valence-electron chi connectivity index (χ4n) is 2.87. The Morgan fingerprint density at radius 1 is 1.11 bits per heavy atom. The Morgan fingerprint density at radius 2 is 1.71 bits per heavy atom. The van der Waals surface area contributed by atoms with Crippen LogP contribution in [0.4, 0.5) is 5.95 Å². The van der Waals surface area contributed by atoms with Crippen molar-refractivity contribution in [2.75, 3.05) is 5.73 Å². The van der Waals surface area contributed by atoms with Crippen LogP contribution in [0.25, 0.3) is 6.08 Å². The molecule has 1 atom stereocenters. The van der Waals surface area contributed by atoms with Gasteiger partial charge in [-0.2, -0.15) is 9.67 Å². The van der Waals surface area contributed by atoms with Gasteiger partial charge in [-0.1, -0.05) is 60.7 Å². The predicted molar refractivity (Wildman–Crippen MR) is 108 cm³/mol. The average Bonchev–Trinajstić information content (AvgIpc) is 2.99. The minimum absolute atomic E-state index is 0.0362. The molecule has 0 aliphatic rings. The summed E-state index contributed by atoms with van der Waals surface area (Å²) in [6, 6.07) is 17.5. The van der Waals surface area contributed by atoms with Crippen LogP contribution >= 0.6 is 12.2 Å². The van der Waals surface area contributed by atoms with E-state index in [9.17, 15) is 14.7 Å². The lowest BCUT2D eigenvalue weighted by Crippen LogP contribution is -2.26. The minimum atomic E-state index is -1.03. The maximum Gasteiger partial charge on any atom is 0.305 e. The maximum atomic E-state index is 12.8. The van der Waals surface area contributed by atoms with Crippen molar-refractivity contribution in [1.82, 2.24) is 14.3 Å². The Labute approximate surface area is 166 Å². The first-order valence-electron chi connectivity index (χ1n) is 8.48. The predicted octanol–water partition coefficient (Wildman–Crippen LogP) is 3.41. The summed E-state index contributed by atoms with van der Waals surface area (Å²) in [5.41, 5.74) is 7.44. The van der Waals surface area contributed by atoms with Crippen LogP contribution in [0.1, 0.15) is 28.4 Å². The Balaban J connectivity index is 2.06. The second-order valence-electron chi connectivity index (χ2n) is 6.02. The van der Waals surface area contributed by atoms with E-state index in [1.807, 2.05) is 36.4 Å². The van der Waals surface area contributed by atoms with E-state index >= 15 is 0 Å². The molecule has 3 aromatic rings. The van der Waals surface area contributed by atoms with Crippen molar-refractivity contribution >= 4 is 36.1 Å². The van der Waals surface area contributed by atoms with Gasteiger partial charge in [0, 0.05) is 6.08 Å². The molecule has 0 spiro atoms. The quantitative estimate of drug-likeness (QED) is 0.490. The van der Waals surface area contributed by atoms with Gasteiger partial charge in [-0.3, -0.25) is 9.59 Å². The van der Waals surface area contributed by atoms with Crippen LogP contribution < -0.4 is 5.73 Å². The zero-order valence-corrected chi connectivity index (χ0v) is 15.6. The van der Waals surface area contributed by atoms with Gasteiger partial charge in [-0.05, 0) is 29.4 Å². The van der Waals surface area contributed by atoms with Crippen molar-refractivity contribution < 1.29 is 14.7 Å². The second kappa shape index (κ2) is 8.45. The number of carbonyl (C=O) groups is 2. The van der Waals surface area contributed by atoms with Gasteiger partial charge in [0.15, 0.2) is 0 Å². The van der Waals surface area contributed by atoms with E-state index in [4.69, 9.17) is 18.0 Å². The number of nitrogens with two attached hydrogens (primary N) is 1. The number of carboxylic acid groups (broad SMARTS) is 1. The van der Waals surface area contributed by atoms with Gasteiger partial charge in [0.2, 0.25) is 10.7 Å². The lowest BCUT2D eigenvalue weighted by molar-refractivity contribution is -0.137. The van der Waals surface area contributed by atoms with Crippen LogP contribution in [0.5, 0.6) is 0 Å². The number of hydrogen-bond donors (Lipinski definition) is 2. The summed E-state index contributed by atoms with van der Waals surface area (Å²) in [5.74, 6) is -1.61. The third-order valence-electron chi connectivity index (χ3n) is 4.11. The molecule has 28 heavy (non-hydrogen) atoms. The molecule has 3 rings (SSSR count). The molecule has 0 saturated carbocycles. The Hall–Kier alpha value is -3.52. The monoisotopic (exact) mass is 394 g/mol. The maximum absolute atomic E-state index is 12.8. The highest BCUT2D eigenvalue weighted by atomic mass is 32.1. The molecule has 3 N–H and O–H groups in total. The Morgan fingerprint density at radius 3 is 2.32 bits per heavy atom. The summed E-state index contributed by atoms with van der Waals surface area (Å²) in [6.07, 6.45) is 2.71. The van der Waals surface area contributed by atoms with Crippen molar-refractivity contribution in [3.8, 4) is 0 Å². The lowest BCUT2D eigenvalue weighted by Gasteiger charge is -2.20. The van der Waals surface area contributed by atoms with E-state index in [0.29, 0.717) is 5.56 Å². The third-order valence-corrected chi connectivity index (χ3v) is 4.39. The lowest BCUT2D eigenvalue weighted by atomic mass is 10.0. The van der Waals surface area contributed by atoms with Gasteiger partial charge in [0.05, 0.1) is 12.5 Å². The van der Waals surface area contributed by atoms with Crippen LogP contribution in [-0.4, -0.2) is 31.3 Å². The zero-order valence-electron chi connectivity index (χ0n) is 14.8. The molecule has 0 saturated heterocycles. The number of carboxylic acids is 1. The molecule has 1 heterocycles. The van der Waals surface area contributed by atoms with E-state index in [-0.39, 0.29) is 17.1 Å². The number of aromatic nitrogens is 3. The van der Waals surface area contributed by atoms with Crippen LogP contribution in [0.15, 0.2) is 66.7 Å². The molecule has 142 valence electrons. The van der Waals surface area contributed by atoms with Crippen LogP contribution in [-0.2, 0) is 4.79 Å². The van der Waals surface area contributed by atoms with Gasteiger partial charge >= 0.3 is 5.97 Å². The van der Waals surface area contributed by atoms with Crippen molar-refractivity contribution in [3.05, 3.63) is 82.6 Å². The van der Waals surface area contributed by atoms with Gasteiger partial charge in [0.25, 0.3) is 5.91 Å². The fraction of sp³-hybridized carbons (Fsp3) is 0.100. The largest absolute Gasteiger partial charge is 0.481 e. The first-order chi connectivity index (χ1) is 13.5. The molecule has 7 nitrogen and oxygen atoms in total. The summed E-state index contributed by atoms with van der Waals surface area (Å²) < 4.78 is 2.50. The SMILES string of the molecule is Nc1nc(=S)n(C(CC(=O)O)c2ccccc2)n1C(=O)/C=C/c1ccccc1. The van der Waals surface area contributed by atoms with Gasteiger partial charge in [-0.15, -0.1) is 0 Å². The highest BCUT2D eigenvalue weighted by molar-refractivity contribution is 7.71. The molecular formula is C20H18N4O3S. The van der Waals surface area contributed by atoms with E-state index in [2.05, 4.69) is 4.98 Å². The average molecular weight is 394 g/mol. The fourth-order valence-corrected chi connectivity index (χ4v) is 3.18. The highest BCUT2D eigenvalue weighted by Crippen LogP contribution is 2.24. The van der Waals surface area contributed by atoms with Crippen LogP contribution in [0.2, 0.25) is 0 Å². The molecule has 1 unspecified atom stereocenters. The number of hydrogen-bond acceptors (Lipinski definition) is 5. The number of allylic oxidation sites excluding steroid dienone is 1. The molecule has 0 fully saturated rings. The van der Waals surface area contributed by atoms with Gasteiger partial charge in [-0.25, -0.2) is 4.68 Å². The zero-order chi connectivity index (χ0) is 20.1. The molecule has 2 aromatic carbocycles. The highest BCUT2D eigenvalue weighted by Gasteiger charge is 2.24. The molecule has 1 aromatic heterocycles. The first-order valence-corrected chi connectivity index (χ1v) is 8.89. The standard InChI is InChI=1S/C20H18N4O3S/c21-19-22-20(28)23(16(13-18(26)27)15-9-5-2-6-10-15)24(19)17(25)12-11-14-7-3-1-4-8-14/h1-12,16H,13H2,(H,26,27)(H2,21,22,28)/b12-11+. The van der Waals surface area contributed by atoms with Crippen molar-refractivity contribution in [2.24, 2.45) is 0 Å². The number of nitrogen functional groups attached to an aromatic ring is 1. The molecule has 8 heteroatoms. The molecule has 0 radical (unpaired) electrons. The number of nitrogens with zero attached hydrogens (tertiary/aromatic N) is 3. The van der Waals surface area contributed by atoms with E-state index in [1.54, 1.807) is 30.3 Å². The molecule has 0 amide bonds. The number of rotatable bonds is 6. The van der Waals surface area contributed by atoms with Crippen molar-refractivity contribution in [3.63, 3.8) is 0 Å². The van der Waals surface area contributed by atoms with Crippen molar-refractivity contribution in [2.45, 2.75) is 12.5 Å².